The minimum absolute atomic E-state index is 0.0476. The summed E-state index contributed by atoms with van der Waals surface area (Å²) in [6.07, 6.45) is 0. The molecule has 0 fully saturated rings. The molecule has 0 aliphatic heterocycles. The van der Waals surface area contributed by atoms with Gasteiger partial charge in [-0.15, -0.1) is 22.7 Å². The standard InChI is InChI=1S/C16H13Cl2N3O3S3/c1-21(2)27(23,24)13-7-9(3-4-10(13)17)15(22)20-16-19-11(8-25-16)12-5-6-14(18)26-12/h3-8H,1-2H3,(H,19,20,22). The van der Waals surface area contributed by atoms with Crippen LogP contribution in [0.1, 0.15) is 10.4 Å². The van der Waals surface area contributed by atoms with Gasteiger partial charge in [0, 0.05) is 25.0 Å². The number of nitrogens with one attached hydrogen (secondary N) is 1. The van der Waals surface area contributed by atoms with E-state index in [0.29, 0.717) is 15.2 Å². The van der Waals surface area contributed by atoms with Gasteiger partial charge >= 0.3 is 0 Å². The monoisotopic (exact) mass is 461 g/mol. The largest absolute Gasteiger partial charge is 0.298 e. The minimum Gasteiger partial charge on any atom is -0.298 e. The second-order valence-electron chi connectivity index (χ2n) is 5.53. The molecular weight excluding hydrogens is 449 g/mol. The molecule has 1 amide bonds. The van der Waals surface area contributed by atoms with Crippen LogP contribution in [0.3, 0.4) is 0 Å². The first-order chi connectivity index (χ1) is 12.7. The molecule has 0 spiro atoms. The number of amides is 1. The Morgan fingerprint density at radius 1 is 1.19 bits per heavy atom. The molecule has 3 rings (SSSR count). The third kappa shape index (κ3) is 4.34. The first-order valence-corrected chi connectivity index (χ1v) is 11.3. The summed E-state index contributed by atoms with van der Waals surface area (Å²) < 4.78 is 26.4. The van der Waals surface area contributed by atoms with E-state index in [1.165, 1.54) is 55.0 Å². The van der Waals surface area contributed by atoms with Gasteiger partial charge in [0.05, 0.1) is 19.9 Å². The van der Waals surface area contributed by atoms with Crippen LogP contribution in [0.25, 0.3) is 10.6 Å². The van der Waals surface area contributed by atoms with Gasteiger partial charge in [-0.25, -0.2) is 17.7 Å². The highest BCUT2D eigenvalue weighted by Crippen LogP contribution is 2.33. The van der Waals surface area contributed by atoms with Crippen molar-refractivity contribution in [3.8, 4) is 10.6 Å². The molecule has 3 aromatic rings. The Bertz CT molecular complexity index is 1110. The van der Waals surface area contributed by atoms with Crippen molar-refractivity contribution >= 4 is 66.9 Å². The van der Waals surface area contributed by atoms with Gasteiger partial charge in [0.2, 0.25) is 10.0 Å². The molecule has 6 nitrogen and oxygen atoms in total. The molecule has 0 saturated heterocycles. The zero-order valence-corrected chi connectivity index (χ0v) is 18.0. The molecule has 2 aromatic heterocycles. The highest BCUT2D eigenvalue weighted by atomic mass is 35.5. The van der Waals surface area contributed by atoms with Crippen molar-refractivity contribution in [1.82, 2.24) is 9.29 Å². The van der Waals surface area contributed by atoms with Crippen LogP contribution >= 0.6 is 45.9 Å². The number of carbonyl (C=O) groups is 1. The summed E-state index contributed by atoms with van der Waals surface area (Å²) in [4.78, 5) is 17.6. The molecule has 1 N–H and O–H groups in total. The van der Waals surface area contributed by atoms with Crippen molar-refractivity contribution in [3.63, 3.8) is 0 Å². The quantitative estimate of drug-likeness (QED) is 0.597. The summed E-state index contributed by atoms with van der Waals surface area (Å²) in [6, 6.07) is 7.72. The summed E-state index contributed by atoms with van der Waals surface area (Å²) in [7, 11) is -0.978. The maximum atomic E-state index is 12.5. The van der Waals surface area contributed by atoms with E-state index in [0.717, 1.165) is 9.18 Å². The second-order valence-corrected chi connectivity index (χ2v) is 10.6. The SMILES string of the molecule is CN(C)S(=O)(=O)c1cc(C(=O)Nc2nc(-c3ccc(Cl)s3)cs2)ccc1Cl. The summed E-state index contributed by atoms with van der Waals surface area (Å²) in [5.41, 5.74) is 0.870. The molecule has 11 heteroatoms. The number of hydrogen-bond acceptors (Lipinski definition) is 6. The molecule has 142 valence electrons. The Balaban J connectivity index is 1.84. The van der Waals surface area contributed by atoms with Gasteiger partial charge in [0.1, 0.15) is 4.90 Å². The van der Waals surface area contributed by atoms with Gasteiger partial charge in [-0.05, 0) is 30.3 Å². The molecule has 0 aliphatic carbocycles. The number of thiophene rings is 1. The van der Waals surface area contributed by atoms with Crippen molar-refractivity contribution in [1.29, 1.82) is 0 Å². The first kappa shape index (κ1) is 20.2. The van der Waals surface area contributed by atoms with Gasteiger partial charge in [-0.2, -0.15) is 0 Å². The number of nitrogens with zero attached hydrogens (tertiary/aromatic N) is 2. The number of anilines is 1. The van der Waals surface area contributed by atoms with Gasteiger partial charge in [0.15, 0.2) is 5.13 Å². The topological polar surface area (TPSA) is 79.4 Å². The third-order valence-corrected chi connectivity index (χ3v) is 7.81. The fourth-order valence-corrected chi connectivity index (χ4v) is 5.28. The highest BCUT2D eigenvalue weighted by Gasteiger charge is 2.22. The number of aromatic nitrogens is 1. The zero-order chi connectivity index (χ0) is 19.8. The summed E-state index contributed by atoms with van der Waals surface area (Å²) >= 11 is 14.6. The van der Waals surface area contributed by atoms with Crippen LogP contribution in [0.15, 0.2) is 40.6 Å². The Hall–Kier alpha value is -1.49. The molecule has 0 atom stereocenters. The molecule has 0 aliphatic rings. The second kappa shape index (κ2) is 7.86. The number of hydrogen-bond donors (Lipinski definition) is 1. The Morgan fingerprint density at radius 2 is 1.93 bits per heavy atom. The fourth-order valence-electron chi connectivity index (χ4n) is 2.10. The molecule has 0 radical (unpaired) electrons. The molecule has 1 aromatic carbocycles. The maximum absolute atomic E-state index is 12.5. The van der Waals surface area contributed by atoms with Crippen LogP contribution in [0, 0.1) is 0 Å². The summed E-state index contributed by atoms with van der Waals surface area (Å²) in [6.45, 7) is 0. The lowest BCUT2D eigenvalue weighted by molar-refractivity contribution is 0.102. The third-order valence-electron chi connectivity index (χ3n) is 3.50. The zero-order valence-electron chi connectivity index (χ0n) is 14.1. The maximum Gasteiger partial charge on any atom is 0.257 e. The number of thiazole rings is 1. The van der Waals surface area contributed by atoms with E-state index in [2.05, 4.69) is 10.3 Å². The number of carbonyl (C=O) groups excluding carboxylic acids is 1. The lowest BCUT2D eigenvalue weighted by atomic mass is 10.2. The van der Waals surface area contributed by atoms with E-state index in [1.807, 2.05) is 11.4 Å². The van der Waals surface area contributed by atoms with Crippen LogP contribution in [0.4, 0.5) is 5.13 Å². The predicted molar refractivity (Wildman–Crippen MR) is 111 cm³/mol. The van der Waals surface area contributed by atoms with Crippen molar-refractivity contribution in [2.24, 2.45) is 0 Å². The van der Waals surface area contributed by atoms with E-state index in [9.17, 15) is 13.2 Å². The smallest absolute Gasteiger partial charge is 0.257 e. The van der Waals surface area contributed by atoms with Gasteiger partial charge in [0.25, 0.3) is 5.91 Å². The summed E-state index contributed by atoms with van der Waals surface area (Å²) in [5, 5.41) is 4.92. The Morgan fingerprint density at radius 3 is 2.56 bits per heavy atom. The summed E-state index contributed by atoms with van der Waals surface area (Å²) in [5.74, 6) is -0.480. The van der Waals surface area contributed by atoms with Crippen LogP contribution in [0.5, 0.6) is 0 Å². The van der Waals surface area contributed by atoms with E-state index in [-0.39, 0.29) is 15.5 Å². The van der Waals surface area contributed by atoms with Crippen molar-refractivity contribution < 1.29 is 13.2 Å². The highest BCUT2D eigenvalue weighted by molar-refractivity contribution is 7.89. The van der Waals surface area contributed by atoms with E-state index < -0.39 is 15.9 Å². The molecule has 0 saturated carbocycles. The van der Waals surface area contributed by atoms with Crippen LogP contribution < -0.4 is 5.32 Å². The minimum atomic E-state index is -3.77. The number of rotatable bonds is 5. The van der Waals surface area contributed by atoms with E-state index in [4.69, 9.17) is 23.2 Å². The number of halogens is 2. The Kier molecular flexibility index (Phi) is 5.90. The van der Waals surface area contributed by atoms with Crippen molar-refractivity contribution in [2.45, 2.75) is 4.90 Å². The average Bonchev–Trinajstić information content (AvgIpc) is 3.23. The normalized spacial score (nSPS) is 11.7. The Labute approximate surface area is 174 Å². The van der Waals surface area contributed by atoms with Crippen LogP contribution in [-0.4, -0.2) is 37.7 Å². The first-order valence-electron chi connectivity index (χ1n) is 7.43. The van der Waals surface area contributed by atoms with E-state index >= 15 is 0 Å². The van der Waals surface area contributed by atoms with Crippen LogP contribution in [0.2, 0.25) is 9.36 Å². The predicted octanol–water partition coefficient (Wildman–Crippen LogP) is 4.68. The van der Waals surface area contributed by atoms with Crippen LogP contribution in [-0.2, 0) is 10.0 Å². The van der Waals surface area contributed by atoms with Crippen molar-refractivity contribution in [2.75, 3.05) is 19.4 Å². The molecule has 0 bridgehead atoms. The fraction of sp³-hybridized carbons (Fsp3) is 0.125. The molecular formula is C16H13Cl2N3O3S3. The van der Waals surface area contributed by atoms with Gasteiger partial charge in [-0.3, -0.25) is 10.1 Å². The number of sulfonamides is 1. The lowest BCUT2D eigenvalue weighted by Gasteiger charge is -2.13. The van der Waals surface area contributed by atoms with Gasteiger partial charge < -0.3 is 0 Å². The molecule has 2 heterocycles. The van der Waals surface area contributed by atoms with Crippen molar-refractivity contribution in [3.05, 3.63) is 50.6 Å². The molecule has 0 unspecified atom stereocenters. The van der Waals surface area contributed by atoms with Gasteiger partial charge in [-0.1, -0.05) is 23.2 Å². The molecule has 27 heavy (non-hydrogen) atoms. The number of benzene rings is 1. The van der Waals surface area contributed by atoms with E-state index in [1.54, 1.807) is 6.07 Å². The average molecular weight is 462 g/mol. The lowest BCUT2D eigenvalue weighted by Crippen LogP contribution is -2.23.